The molecule has 2 heterocycles. The first-order valence-corrected chi connectivity index (χ1v) is 8.52. The van der Waals surface area contributed by atoms with E-state index in [0.29, 0.717) is 12.4 Å². The number of nitrogens with one attached hydrogen (secondary N) is 2. The molecule has 8 heteroatoms. The number of carbonyl (C=O) groups excluding carboxylic acids is 1. The molecule has 1 atom stereocenters. The number of likely N-dealkylation sites (tertiary alicyclic amines) is 1. The maximum atomic E-state index is 13.2. The van der Waals surface area contributed by atoms with E-state index in [2.05, 4.69) is 25.8 Å². The lowest BCUT2D eigenvalue weighted by atomic mass is 10.0. The molecular formula is C17H23FN6O. The summed E-state index contributed by atoms with van der Waals surface area (Å²) in [5.41, 5.74) is 1.00. The molecule has 0 unspecified atom stereocenters. The van der Waals surface area contributed by atoms with Gasteiger partial charge in [0.1, 0.15) is 5.82 Å². The number of hydrogen-bond acceptors (Lipinski definition) is 4. The van der Waals surface area contributed by atoms with Crippen LogP contribution < -0.4 is 10.6 Å². The van der Waals surface area contributed by atoms with Crippen LogP contribution in [0.2, 0.25) is 0 Å². The summed E-state index contributed by atoms with van der Waals surface area (Å²) in [5.74, 6) is 0.144. The van der Waals surface area contributed by atoms with E-state index in [0.717, 1.165) is 31.5 Å². The van der Waals surface area contributed by atoms with Crippen LogP contribution in [0.3, 0.4) is 0 Å². The van der Waals surface area contributed by atoms with E-state index < -0.39 is 0 Å². The van der Waals surface area contributed by atoms with E-state index in [1.807, 2.05) is 0 Å². The zero-order valence-electron chi connectivity index (χ0n) is 14.3. The molecule has 134 valence electrons. The molecule has 0 radical (unpaired) electrons. The maximum Gasteiger partial charge on any atom is 0.320 e. The Balaban J connectivity index is 1.64. The predicted molar refractivity (Wildman–Crippen MR) is 92.6 cm³/mol. The van der Waals surface area contributed by atoms with E-state index in [4.69, 9.17) is 0 Å². The fourth-order valence-corrected chi connectivity index (χ4v) is 3.13. The molecule has 1 saturated heterocycles. The lowest BCUT2D eigenvalue weighted by Gasteiger charge is -2.35. The summed E-state index contributed by atoms with van der Waals surface area (Å²) in [6, 6.07) is 6.20. The van der Waals surface area contributed by atoms with Crippen LogP contribution in [0.15, 0.2) is 30.5 Å². The summed E-state index contributed by atoms with van der Waals surface area (Å²) in [6.45, 7) is 2.41. The van der Waals surface area contributed by atoms with Crippen molar-refractivity contribution in [2.24, 2.45) is 7.05 Å². The Bertz CT molecular complexity index is 695. The van der Waals surface area contributed by atoms with Gasteiger partial charge in [-0.1, -0.05) is 23.8 Å². The van der Waals surface area contributed by atoms with Crippen molar-refractivity contribution >= 4 is 11.8 Å². The van der Waals surface area contributed by atoms with Crippen molar-refractivity contribution in [1.82, 2.24) is 25.2 Å². The molecule has 2 amide bonds. The first-order chi connectivity index (χ1) is 12.1. The molecule has 1 aliphatic heterocycles. The molecule has 1 fully saturated rings. The number of rotatable bonds is 5. The number of aromatic nitrogens is 3. The summed E-state index contributed by atoms with van der Waals surface area (Å²) in [4.78, 5) is 14.5. The van der Waals surface area contributed by atoms with E-state index >= 15 is 0 Å². The Hall–Kier alpha value is -2.48. The van der Waals surface area contributed by atoms with E-state index in [1.165, 1.54) is 23.2 Å². The molecule has 0 saturated carbocycles. The molecule has 2 aromatic rings. The summed E-state index contributed by atoms with van der Waals surface area (Å²) < 4.78 is 14.8. The molecule has 1 aromatic carbocycles. The molecule has 0 aliphatic carbocycles. The van der Waals surface area contributed by atoms with Crippen LogP contribution in [0.5, 0.6) is 0 Å². The van der Waals surface area contributed by atoms with Crippen LogP contribution in [0, 0.1) is 5.82 Å². The van der Waals surface area contributed by atoms with Crippen LogP contribution >= 0.6 is 0 Å². The lowest BCUT2D eigenvalue weighted by Crippen LogP contribution is -2.41. The highest BCUT2D eigenvalue weighted by atomic mass is 19.1. The molecular weight excluding hydrogens is 323 g/mol. The molecule has 1 aliphatic rings. The van der Waals surface area contributed by atoms with Gasteiger partial charge >= 0.3 is 6.03 Å². The highest BCUT2D eigenvalue weighted by Gasteiger charge is 2.23. The summed E-state index contributed by atoms with van der Waals surface area (Å²) in [6.07, 6.45) is 5.14. The second-order valence-electron chi connectivity index (χ2n) is 6.28. The molecule has 3 rings (SSSR count). The van der Waals surface area contributed by atoms with Gasteiger partial charge in [-0.25, -0.2) is 9.18 Å². The summed E-state index contributed by atoms with van der Waals surface area (Å²) >= 11 is 0. The van der Waals surface area contributed by atoms with Crippen molar-refractivity contribution in [3.05, 3.63) is 41.8 Å². The number of aryl methyl sites for hydroxylation is 1. The van der Waals surface area contributed by atoms with Crippen LogP contribution in [-0.4, -0.2) is 45.6 Å². The Morgan fingerprint density at radius 3 is 2.60 bits per heavy atom. The second-order valence-corrected chi connectivity index (χ2v) is 6.28. The van der Waals surface area contributed by atoms with Gasteiger partial charge < -0.3 is 5.32 Å². The van der Waals surface area contributed by atoms with Gasteiger partial charge in [-0.2, -0.15) is 0 Å². The lowest BCUT2D eigenvalue weighted by molar-refractivity contribution is 0.161. The van der Waals surface area contributed by atoms with Gasteiger partial charge in [-0.05, 0) is 43.6 Å². The van der Waals surface area contributed by atoms with Crippen LogP contribution in [0.1, 0.15) is 30.9 Å². The number of hydrogen-bond donors (Lipinski definition) is 2. The van der Waals surface area contributed by atoms with Gasteiger partial charge in [0.05, 0.1) is 12.2 Å². The van der Waals surface area contributed by atoms with Crippen molar-refractivity contribution in [3.8, 4) is 0 Å². The SMILES string of the molecule is Cn1cc(NC(=O)NC[C@@H](c2ccc(F)cc2)N2CCCCC2)nn1. The van der Waals surface area contributed by atoms with Crippen molar-refractivity contribution in [2.45, 2.75) is 25.3 Å². The third-order valence-corrected chi connectivity index (χ3v) is 4.39. The average Bonchev–Trinajstić information content (AvgIpc) is 3.02. The van der Waals surface area contributed by atoms with E-state index in [1.54, 1.807) is 25.4 Å². The van der Waals surface area contributed by atoms with Crippen LogP contribution in [0.25, 0.3) is 0 Å². The van der Waals surface area contributed by atoms with Crippen molar-refractivity contribution in [3.63, 3.8) is 0 Å². The molecule has 0 bridgehead atoms. The molecule has 7 nitrogen and oxygen atoms in total. The van der Waals surface area contributed by atoms with Gasteiger partial charge in [-0.3, -0.25) is 14.9 Å². The largest absolute Gasteiger partial charge is 0.336 e. The molecule has 1 aromatic heterocycles. The zero-order chi connectivity index (χ0) is 17.6. The standard InChI is InChI=1S/C17H23FN6O/c1-23-12-16(21-22-23)20-17(25)19-11-15(24-9-3-2-4-10-24)13-5-7-14(18)8-6-13/h5-8,12,15H,2-4,9-11H2,1H3,(H2,19,20,25)/t15-/m0/s1. The summed E-state index contributed by atoms with van der Waals surface area (Å²) in [7, 11) is 1.73. The quantitative estimate of drug-likeness (QED) is 0.871. The van der Waals surface area contributed by atoms with Gasteiger partial charge in [0.15, 0.2) is 5.82 Å². The second kappa shape index (κ2) is 8.06. The Morgan fingerprint density at radius 1 is 1.24 bits per heavy atom. The molecule has 2 N–H and O–H groups in total. The number of anilines is 1. The number of halogens is 1. The maximum absolute atomic E-state index is 13.2. The van der Waals surface area contributed by atoms with Crippen molar-refractivity contribution in [2.75, 3.05) is 25.0 Å². The third kappa shape index (κ3) is 4.76. The number of amides is 2. The van der Waals surface area contributed by atoms with Gasteiger partial charge in [0.25, 0.3) is 0 Å². The average molecular weight is 346 g/mol. The highest BCUT2D eigenvalue weighted by molar-refractivity contribution is 5.87. The van der Waals surface area contributed by atoms with Crippen LogP contribution in [-0.2, 0) is 7.05 Å². The monoisotopic (exact) mass is 346 g/mol. The number of benzene rings is 1. The normalized spacial score (nSPS) is 16.4. The van der Waals surface area contributed by atoms with Crippen LogP contribution in [0.4, 0.5) is 15.0 Å². The Kier molecular flexibility index (Phi) is 5.60. The number of nitrogens with zero attached hydrogens (tertiary/aromatic N) is 4. The highest BCUT2D eigenvalue weighted by Crippen LogP contribution is 2.24. The fraction of sp³-hybridized carbons (Fsp3) is 0.471. The zero-order valence-corrected chi connectivity index (χ0v) is 14.3. The minimum Gasteiger partial charge on any atom is -0.336 e. The minimum absolute atomic E-state index is 0.0218. The Labute approximate surface area is 146 Å². The topological polar surface area (TPSA) is 75.1 Å². The van der Waals surface area contributed by atoms with Crippen molar-refractivity contribution < 1.29 is 9.18 Å². The molecule has 25 heavy (non-hydrogen) atoms. The Morgan fingerprint density at radius 2 is 1.96 bits per heavy atom. The fourth-order valence-electron chi connectivity index (χ4n) is 3.13. The van der Waals surface area contributed by atoms with Gasteiger partial charge in [0.2, 0.25) is 0 Å². The predicted octanol–water partition coefficient (Wildman–Crippen LogP) is 2.30. The van der Waals surface area contributed by atoms with Gasteiger partial charge in [0, 0.05) is 13.6 Å². The first kappa shape index (κ1) is 17.3. The number of carbonyl (C=O) groups is 1. The number of piperidine rings is 1. The molecule has 0 spiro atoms. The van der Waals surface area contributed by atoms with E-state index in [-0.39, 0.29) is 17.9 Å². The number of urea groups is 1. The summed E-state index contributed by atoms with van der Waals surface area (Å²) in [5, 5.41) is 13.2. The first-order valence-electron chi connectivity index (χ1n) is 8.52. The van der Waals surface area contributed by atoms with Gasteiger partial charge in [-0.15, -0.1) is 5.10 Å². The smallest absolute Gasteiger partial charge is 0.320 e. The minimum atomic E-state index is -0.329. The third-order valence-electron chi connectivity index (χ3n) is 4.39. The van der Waals surface area contributed by atoms with E-state index in [9.17, 15) is 9.18 Å². The van der Waals surface area contributed by atoms with Crippen molar-refractivity contribution in [1.29, 1.82) is 0 Å².